The van der Waals surface area contributed by atoms with Crippen molar-refractivity contribution >= 4 is 27.5 Å². The van der Waals surface area contributed by atoms with Gasteiger partial charge in [-0.3, -0.25) is 4.79 Å². The van der Waals surface area contributed by atoms with Crippen molar-refractivity contribution in [1.29, 1.82) is 0 Å². The molecule has 1 N–H and O–H groups in total. The van der Waals surface area contributed by atoms with Gasteiger partial charge in [0.15, 0.2) is 0 Å². The van der Waals surface area contributed by atoms with Gasteiger partial charge in [0.1, 0.15) is 5.82 Å². The van der Waals surface area contributed by atoms with E-state index < -0.39 is 15.8 Å². The summed E-state index contributed by atoms with van der Waals surface area (Å²) in [5.41, 5.74) is 0. The second kappa shape index (κ2) is 6.29. The van der Waals surface area contributed by atoms with Crippen LogP contribution in [-0.4, -0.2) is 39.4 Å². The molecule has 1 aliphatic heterocycles. The maximum atomic E-state index is 13.2. The van der Waals surface area contributed by atoms with Crippen molar-refractivity contribution in [1.82, 2.24) is 9.62 Å². The topological polar surface area (TPSA) is 66.5 Å². The second-order valence-corrected chi connectivity index (χ2v) is 7.33. The van der Waals surface area contributed by atoms with E-state index in [0.29, 0.717) is 13.0 Å². The zero-order valence-electron chi connectivity index (χ0n) is 11.5. The summed E-state index contributed by atoms with van der Waals surface area (Å²) < 4.78 is 39.8. The highest BCUT2D eigenvalue weighted by molar-refractivity contribution is 7.89. The lowest BCUT2D eigenvalue weighted by molar-refractivity contribution is -0.133. The molecule has 1 unspecified atom stereocenters. The van der Waals surface area contributed by atoms with E-state index in [9.17, 15) is 17.6 Å². The Bertz CT molecular complexity index is 631. The third kappa shape index (κ3) is 4.15. The van der Waals surface area contributed by atoms with Gasteiger partial charge in [0.05, 0.1) is 4.90 Å². The summed E-state index contributed by atoms with van der Waals surface area (Å²) in [7, 11) is -2.12. The lowest BCUT2D eigenvalue weighted by Crippen LogP contribution is -2.40. The molecule has 1 heterocycles. The van der Waals surface area contributed by atoms with Gasteiger partial charge in [-0.1, -0.05) is 11.6 Å². The number of sulfonamides is 1. The van der Waals surface area contributed by atoms with Gasteiger partial charge in [-0.05, 0) is 30.5 Å². The molecule has 0 bridgehead atoms. The zero-order chi connectivity index (χ0) is 15.6. The smallest absolute Gasteiger partial charge is 0.240 e. The molecule has 0 saturated carbocycles. The van der Waals surface area contributed by atoms with Gasteiger partial charge in [-0.2, -0.15) is 0 Å². The van der Waals surface area contributed by atoms with E-state index in [2.05, 4.69) is 4.72 Å². The summed E-state index contributed by atoms with van der Waals surface area (Å²) in [6.45, 7) is 0.757. The first-order chi connectivity index (χ1) is 9.78. The van der Waals surface area contributed by atoms with Crippen LogP contribution in [-0.2, 0) is 14.8 Å². The summed E-state index contributed by atoms with van der Waals surface area (Å²) in [6, 6.07) is 3.14. The van der Waals surface area contributed by atoms with E-state index in [1.807, 2.05) is 0 Å². The quantitative estimate of drug-likeness (QED) is 0.910. The predicted octanol–water partition coefficient (Wildman–Crippen LogP) is 1.63. The Hall–Kier alpha value is -1.18. The van der Waals surface area contributed by atoms with Crippen molar-refractivity contribution in [3.63, 3.8) is 0 Å². The number of amides is 1. The Kier molecular flexibility index (Phi) is 4.85. The molecule has 1 aromatic carbocycles. The minimum Gasteiger partial charge on any atom is -0.346 e. The van der Waals surface area contributed by atoms with Crippen molar-refractivity contribution in [2.24, 2.45) is 5.92 Å². The van der Waals surface area contributed by atoms with Crippen molar-refractivity contribution in [2.45, 2.75) is 17.7 Å². The highest BCUT2D eigenvalue weighted by Gasteiger charge is 2.25. The van der Waals surface area contributed by atoms with Crippen LogP contribution in [0.15, 0.2) is 23.1 Å². The van der Waals surface area contributed by atoms with E-state index in [1.165, 1.54) is 6.07 Å². The van der Waals surface area contributed by atoms with Crippen LogP contribution in [0.2, 0.25) is 5.02 Å². The first-order valence-corrected chi connectivity index (χ1v) is 8.34. The predicted molar refractivity (Wildman–Crippen MR) is 77.0 cm³/mol. The largest absolute Gasteiger partial charge is 0.346 e. The summed E-state index contributed by atoms with van der Waals surface area (Å²) in [5, 5.41) is 0.0184. The molecule has 21 heavy (non-hydrogen) atoms. The Morgan fingerprint density at radius 1 is 1.43 bits per heavy atom. The molecule has 1 aromatic rings. The molecule has 5 nitrogen and oxygen atoms in total. The summed E-state index contributed by atoms with van der Waals surface area (Å²) in [6.07, 6.45) is 1.04. The normalized spacial score (nSPS) is 19.9. The molecule has 0 aliphatic carbocycles. The third-order valence-corrected chi connectivity index (χ3v) is 5.09. The maximum Gasteiger partial charge on any atom is 0.240 e. The van der Waals surface area contributed by atoms with Crippen LogP contribution in [0.5, 0.6) is 0 Å². The number of nitrogens with one attached hydrogen (secondary N) is 1. The number of carbonyl (C=O) groups is 1. The number of nitrogens with zero attached hydrogens (tertiary/aromatic N) is 1. The Balaban J connectivity index is 2.03. The molecule has 0 radical (unpaired) electrons. The molecule has 1 fully saturated rings. The van der Waals surface area contributed by atoms with Gasteiger partial charge in [-0.25, -0.2) is 17.5 Å². The van der Waals surface area contributed by atoms with Crippen molar-refractivity contribution in [3.05, 3.63) is 29.0 Å². The van der Waals surface area contributed by atoms with Gasteiger partial charge in [0.25, 0.3) is 0 Å². The van der Waals surface area contributed by atoms with E-state index >= 15 is 0 Å². The molecule has 0 aromatic heterocycles. The van der Waals surface area contributed by atoms with E-state index in [1.54, 1.807) is 11.9 Å². The summed E-state index contributed by atoms with van der Waals surface area (Å²) in [5.74, 6) is -0.760. The van der Waals surface area contributed by atoms with Crippen molar-refractivity contribution < 1.29 is 17.6 Å². The highest BCUT2D eigenvalue weighted by Crippen LogP contribution is 2.20. The van der Waals surface area contributed by atoms with Gasteiger partial charge >= 0.3 is 0 Å². The fraction of sp³-hybridized carbons (Fsp3) is 0.462. The number of hydrogen-bond donors (Lipinski definition) is 1. The number of rotatable bonds is 4. The van der Waals surface area contributed by atoms with E-state index in [0.717, 1.165) is 18.6 Å². The lowest BCUT2D eigenvalue weighted by atomic mass is 9.97. The van der Waals surface area contributed by atoms with Crippen LogP contribution < -0.4 is 4.72 Å². The van der Waals surface area contributed by atoms with E-state index in [-0.39, 0.29) is 28.3 Å². The standard InChI is InChI=1S/C13H16ClFN2O3S/c1-17-3-2-9(4-13(17)18)8-16-21(19,20)12-6-10(14)5-11(15)7-12/h5-7,9,16H,2-4,8H2,1H3. The number of benzene rings is 1. The molecule has 0 spiro atoms. The highest BCUT2D eigenvalue weighted by atomic mass is 35.5. The van der Waals surface area contributed by atoms with Crippen LogP contribution in [0.25, 0.3) is 0 Å². The molecule has 1 atom stereocenters. The summed E-state index contributed by atoms with van der Waals surface area (Å²) in [4.78, 5) is 13.0. The molecular formula is C13H16ClFN2O3S. The van der Waals surface area contributed by atoms with Gasteiger partial charge < -0.3 is 4.90 Å². The summed E-state index contributed by atoms with van der Waals surface area (Å²) >= 11 is 5.66. The average Bonchev–Trinajstić information content (AvgIpc) is 2.39. The lowest BCUT2D eigenvalue weighted by Gasteiger charge is -2.28. The number of halogens is 2. The van der Waals surface area contributed by atoms with Crippen LogP contribution >= 0.6 is 11.6 Å². The van der Waals surface area contributed by atoms with Gasteiger partial charge in [-0.15, -0.1) is 0 Å². The van der Waals surface area contributed by atoms with Crippen LogP contribution in [0, 0.1) is 11.7 Å². The van der Waals surface area contributed by atoms with Crippen LogP contribution in [0.1, 0.15) is 12.8 Å². The number of carbonyl (C=O) groups excluding carboxylic acids is 1. The Morgan fingerprint density at radius 2 is 2.14 bits per heavy atom. The first kappa shape index (κ1) is 16.2. The number of piperidine rings is 1. The van der Waals surface area contributed by atoms with Gasteiger partial charge in [0, 0.05) is 31.6 Å². The molecule has 116 valence electrons. The Labute approximate surface area is 128 Å². The molecular weight excluding hydrogens is 319 g/mol. The van der Waals surface area contributed by atoms with Crippen LogP contribution in [0.3, 0.4) is 0 Å². The van der Waals surface area contributed by atoms with E-state index in [4.69, 9.17) is 11.6 Å². The second-order valence-electron chi connectivity index (χ2n) is 5.13. The average molecular weight is 335 g/mol. The minimum atomic E-state index is -3.84. The zero-order valence-corrected chi connectivity index (χ0v) is 13.0. The molecule has 2 rings (SSSR count). The van der Waals surface area contributed by atoms with Gasteiger partial charge in [0.2, 0.25) is 15.9 Å². The molecule has 8 heteroatoms. The maximum absolute atomic E-state index is 13.2. The fourth-order valence-electron chi connectivity index (χ4n) is 2.17. The third-order valence-electron chi connectivity index (χ3n) is 3.47. The molecule has 1 amide bonds. The Morgan fingerprint density at radius 3 is 2.76 bits per heavy atom. The van der Waals surface area contributed by atoms with Crippen LogP contribution in [0.4, 0.5) is 4.39 Å². The molecule has 1 saturated heterocycles. The SMILES string of the molecule is CN1CCC(CNS(=O)(=O)c2cc(F)cc(Cl)c2)CC1=O. The fourth-order valence-corrected chi connectivity index (χ4v) is 3.63. The first-order valence-electron chi connectivity index (χ1n) is 6.47. The number of hydrogen-bond acceptors (Lipinski definition) is 3. The monoisotopic (exact) mass is 334 g/mol. The number of likely N-dealkylation sites (tertiary alicyclic amines) is 1. The van der Waals surface area contributed by atoms with Crippen molar-refractivity contribution in [3.8, 4) is 0 Å². The van der Waals surface area contributed by atoms with Crippen molar-refractivity contribution in [2.75, 3.05) is 20.1 Å². The minimum absolute atomic E-state index is 0.000696. The molecule has 1 aliphatic rings.